The average Bonchev–Trinajstić information content (AvgIpc) is 2.58. The summed E-state index contributed by atoms with van der Waals surface area (Å²) in [7, 11) is 0. The van der Waals surface area contributed by atoms with E-state index in [0.717, 1.165) is 4.88 Å². The van der Waals surface area contributed by atoms with Crippen molar-refractivity contribution in [3.8, 4) is 10.8 Å². The van der Waals surface area contributed by atoms with Crippen molar-refractivity contribution in [2.45, 2.75) is 6.92 Å². The van der Waals surface area contributed by atoms with Crippen LogP contribution in [0.2, 0.25) is 0 Å². The molecule has 0 spiro atoms. The van der Waals surface area contributed by atoms with Gasteiger partial charge in [-0.05, 0) is 24.2 Å². The molecule has 0 aliphatic rings. The van der Waals surface area contributed by atoms with E-state index in [2.05, 4.69) is 10.1 Å². The van der Waals surface area contributed by atoms with Gasteiger partial charge in [-0.2, -0.15) is 4.98 Å². The number of aromatic nitrogens is 2. The highest BCUT2D eigenvalue weighted by Crippen LogP contribution is 2.25. The molecule has 0 fully saturated rings. The molecule has 0 aliphatic carbocycles. The van der Waals surface area contributed by atoms with Crippen LogP contribution in [0.1, 0.15) is 4.88 Å². The molecule has 4 nitrogen and oxygen atoms in total. The molecule has 12 heavy (non-hydrogen) atoms. The number of aryl methyl sites for hydroxylation is 1. The van der Waals surface area contributed by atoms with E-state index in [0.29, 0.717) is 5.89 Å². The number of anilines is 1. The maximum atomic E-state index is 5.31. The van der Waals surface area contributed by atoms with Crippen molar-refractivity contribution in [1.82, 2.24) is 10.1 Å². The third-order valence-corrected chi connectivity index (χ3v) is 2.38. The Balaban J connectivity index is 2.43. The lowest BCUT2D eigenvalue weighted by atomic mass is 10.4. The molecule has 2 aromatic heterocycles. The fourth-order valence-corrected chi connectivity index (χ4v) is 1.67. The number of rotatable bonds is 1. The number of nitrogen functional groups attached to an aromatic ring is 1. The Labute approximate surface area is 73.0 Å². The SMILES string of the molecule is Cc1ccc(-c2nc(N)no2)s1. The van der Waals surface area contributed by atoms with E-state index < -0.39 is 0 Å². The second-order valence-electron chi connectivity index (χ2n) is 2.37. The molecular formula is C7H7N3OS. The molecule has 2 heterocycles. The van der Waals surface area contributed by atoms with Gasteiger partial charge < -0.3 is 10.3 Å². The van der Waals surface area contributed by atoms with Gasteiger partial charge in [0.1, 0.15) is 0 Å². The summed E-state index contributed by atoms with van der Waals surface area (Å²) < 4.78 is 4.89. The van der Waals surface area contributed by atoms with Crippen LogP contribution in [-0.4, -0.2) is 10.1 Å². The fourth-order valence-electron chi connectivity index (χ4n) is 0.884. The third kappa shape index (κ3) is 1.18. The molecule has 5 heteroatoms. The maximum absolute atomic E-state index is 5.31. The summed E-state index contributed by atoms with van der Waals surface area (Å²) in [6, 6.07) is 3.94. The predicted molar refractivity (Wildman–Crippen MR) is 46.8 cm³/mol. The highest BCUT2D eigenvalue weighted by molar-refractivity contribution is 7.15. The van der Waals surface area contributed by atoms with Crippen LogP contribution < -0.4 is 5.73 Å². The zero-order chi connectivity index (χ0) is 8.55. The molecule has 62 valence electrons. The first-order valence-electron chi connectivity index (χ1n) is 3.42. The number of nitrogens with two attached hydrogens (primary N) is 1. The second kappa shape index (κ2) is 2.60. The predicted octanol–water partition coefficient (Wildman–Crippen LogP) is 1.69. The van der Waals surface area contributed by atoms with Crippen LogP contribution in [0.25, 0.3) is 10.8 Å². The highest BCUT2D eigenvalue weighted by Gasteiger charge is 2.07. The first-order valence-corrected chi connectivity index (χ1v) is 4.23. The molecule has 0 saturated heterocycles. The Morgan fingerprint density at radius 1 is 1.50 bits per heavy atom. The number of hydrogen-bond acceptors (Lipinski definition) is 5. The van der Waals surface area contributed by atoms with Gasteiger partial charge in [-0.1, -0.05) is 0 Å². The summed E-state index contributed by atoms with van der Waals surface area (Å²) >= 11 is 1.60. The Kier molecular flexibility index (Phi) is 1.58. The lowest BCUT2D eigenvalue weighted by molar-refractivity contribution is 0.434. The third-order valence-electron chi connectivity index (χ3n) is 1.39. The lowest BCUT2D eigenvalue weighted by Gasteiger charge is -1.82. The van der Waals surface area contributed by atoms with Gasteiger partial charge in [-0.15, -0.1) is 11.3 Å². The van der Waals surface area contributed by atoms with E-state index in [-0.39, 0.29) is 5.95 Å². The summed E-state index contributed by atoms with van der Waals surface area (Å²) in [5.74, 6) is 0.668. The van der Waals surface area contributed by atoms with Crippen molar-refractivity contribution in [1.29, 1.82) is 0 Å². The molecule has 0 saturated carbocycles. The van der Waals surface area contributed by atoms with Crippen LogP contribution >= 0.6 is 11.3 Å². The van der Waals surface area contributed by atoms with Gasteiger partial charge in [-0.3, -0.25) is 0 Å². The molecule has 2 rings (SSSR count). The summed E-state index contributed by atoms with van der Waals surface area (Å²) in [5.41, 5.74) is 5.31. The van der Waals surface area contributed by atoms with Crippen LogP contribution in [0, 0.1) is 6.92 Å². The molecule has 2 aromatic rings. The van der Waals surface area contributed by atoms with E-state index in [9.17, 15) is 0 Å². The molecule has 0 atom stereocenters. The second-order valence-corrected chi connectivity index (χ2v) is 3.66. The summed E-state index contributed by atoms with van der Waals surface area (Å²) in [6.45, 7) is 2.02. The molecule has 0 unspecified atom stereocenters. The van der Waals surface area contributed by atoms with Gasteiger partial charge in [-0.25, -0.2) is 0 Å². The molecule has 0 aromatic carbocycles. The molecule has 2 N–H and O–H groups in total. The first kappa shape index (κ1) is 7.30. The first-order chi connectivity index (χ1) is 5.75. The molecular weight excluding hydrogens is 174 g/mol. The van der Waals surface area contributed by atoms with Crippen LogP contribution in [0.5, 0.6) is 0 Å². The average molecular weight is 181 g/mol. The van der Waals surface area contributed by atoms with Gasteiger partial charge in [0.25, 0.3) is 11.8 Å². The van der Waals surface area contributed by atoms with Gasteiger partial charge >= 0.3 is 0 Å². The van der Waals surface area contributed by atoms with Crippen molar-refractivity contribution in [2.75, 3.05) is 5.73 Å². The standard InChI is InChI=1S/C7H7N3OS/c1-4-2-3-5(12-4)6-9-7(8)10-11-6/h2-3H,1H3,(H2,8,10). The minimum absolute atomic E-state index is 0.177. The monoisotopic (exact) mass is 181 g/mol. The van der Waals surface area contributed by atoms with Crippen LogP contribution in [0.15, 0.2) is 16.7 Å². The molecule has 0 radical (unpaired) electrons. The Morgan fingerprint density at radius 3 is 2.83 bits per heavy atom. The highest BCUT2D eigenvalue weighted by atomic mass is 32.1. The van der Waals surface area contributed by atoms with Gasteiger partial charge in [0.15, 0.2) is 0 Å². The fraction of sp³-hybridized carbons (Fsp3) is 0.143. The smallest absolute Gasteiger partial charge is 0.269 e. The lowest BCUT2D eigenvalue weighted by Crippen LogP contribution is -1.84. The zero-order valence-electron chi connectivity index (χ0n) is 6.44. The van der Waals surface area contributed by atoms with Crippen molar-refractivity contribution in [3.63, 3.8) is 0 Å². The largest absolute Gasteiger partial charge is 0.365 e. The zero-order valence-corrected chi connectivity index (χ0v) is 7.26. The molecule has 0 amide bonds. The minimum Gasteiger partial charge on any atom is -0.365 e. The normalized spacial score (nSPS) is 10.4. The number of nitrogens with zero attached hydrogens (tertiary/aromatic N) is 2. The van der Waals surface area contributed by atoms with Crippen molar-refractivity contribution >= 4 is 17.3 Å². The van der Waals surface area contributed by atoms with Gasteiger partial charge in [0.05, 0.1) is 4.88 Å². The maximum Gasteiger partial charge on any atom is 0.269 e. The minimum atomic E-state index is 0.177. The van der Waals surface area contributed by atoms with E-state index in [1.807, 2.05) is 19.1 Å². The van der Waals surface area contributed by atoms with E-state index >= 15 is 0 Å². The van der Waals surface area contributed by atoms with Crippen molar-refractivity contribution < 1.29 is 4.52 Å². The van der Waals surface area contributed by atoms with Crippen LogP contribution in [0.4, 0.5) is 5.95 Å². The summed E-state index contributed by atoms with van der Waals surface area (Å²) in [6.07, 6.45) is 0. The Morgan fingerprint density at radius 2 is 2.33 bits per heavy atom. The molecule has 0 bridgehead atoms. The molecule has 0 aliphatic heterocycles. The van der Waals surface area contributed by atoms with E-state index in [1.54, 1.807) is 11.3 Å². The topological polar surface area (TPSA) is 64.9 Å². The number of thiophene rings is 1. The Bertz CT molecular complexity index is 355. The van der Waals surface area contributed by atoms with Crippen molar-refractivity contribution in [3.05, 3.63) is 17.0 Å². The van der Waals surface area contributed by atoms with Crippen LogP contribution in [0.3, 0.4) is 0 Å². The van der Waals surface area contributed by atoms with Gasteiger partial charge in [0, 0.05) is 4.88 Å². The van der Waals surface area contributed by atoms with Crippen LogP contribution in [-0.2, 0) is 0 Å². The quantitative estimate of drug-likeness (QED) is 0.727. The summed E-state index contributed by atoms with van der Waals surface area (Å²) in [5, 5.41) is 3.50. The summed E-state index contributed by atoms with van der Waals surface area (Å²) in [4.78, 5) is 6.07. The number of hydrogen-bond donors (Lipinski definition) is 1. The Hall–Kier alpha value is -1.36. The van der Waals surface area contributed by atoms with E-state index in [4.69, 9.17) is 10.3 Å². The van der Waals surface area contributed by atoms with E-state index in [1.165, 1.54) is 4.88 Å². The van der Waals surface area contributed by atoms with Gasteiger partial charge in [0.2, 0.25) is 0 Å². The van der Waals surface area contributed by atoms with Crippen molar-refractivity contribution in [2.24, 2.45) is 0 Å².